The zero-order chi connectivity index (χ0) is 8.55. The number of hydrogen-bond donors (Lipinski definition) is 1. The van der Waals surface area contributed by atoms with Gasteiger partial charge in [-0.05, 0) is 25.1 Å². The fourth-order valence-corrected chi connectivity index (χ4v) is 1.35. The lowest BCUT2D eigenvalue weighted by Crippen LogP contribution is -2.16. The van der Waals surface area contributed by atoms with Crippen molar-refractivity contribution in [2.75, 3.05) is 0 Å². The second-order valence-corrected chi connectivity index (χ2v) is 2.87. The van der Waals surface area contributed by atoms with Crippen LogP contribution in [0.5, 0.6) is 0 Å². The van der Waals surface area contributed by atoms with Crippen LogP contribution in [0.4, 0.5) is 0 Å². The first-order valence-corrected chi connectivity index (χ1v) is 3.96. The van der Waals surface area contributed by atoms with Gasteiger partial charge in [0.15, 0.2) is 0 Å². The second-order valence-electron chi connectivity index (χ2n) is 2.87. The Morgan fingerprint density at radius 1 is 1.50 bits per heavy atom. The summed E-state index contributed by atoms with van der Waals surface area (Å²) >= 11 is 0. The van der Waals surface area contributed by atoms with Crippen molar-refractivity contribution in [2.45, 2.75) is 13.1 Å². The van der Waals surface area contributed by atoms with Crippen molar-refractivity contribution >= 4 is 0 Å². The van der Waals surface area contributed by atoms with Crippen LogP contribution in [0.2, 0.25) is 0 Å². The van der Waals surface area contributed by atoms with E-state index >= 15 is 0 Å². The van der Waals surface area contributed by atoms with Gasteiger partial charge in [-0.1, -0.05) is 0 Å². The maximum absolute atomic E-state index is 5.77. The van der Waals surface area contributed by atoms with Gasteiger partial charge in [0.25, 0.3) is 0 Å². The third-order valence-corrected chi connectivity index (χ3v) is 1.93. The Morgan fingerprint density at radius 2 is 2.33 bits per heavy atom. The van der Waals surface area contributed by atoms with Gasteiger partial charge >= 0.3 is 0 Å². The highest BCUT2D eigenvalue weighted by atomic mass is 15.1. The average molecular weight is 161 g/mol. The summed E-state index contributed by atoms with van der Waals surface area (Å²) in [5.41, 5.74) is 7.86. The lowest BCUT2D eigenvalue weighted by molar-refractivity contribution is 0.574. The van der Waals surface area contributed by atoms with Crippen molar-refractivity contribution in [3.63, 3.8) is 0 Å². The Bertz CT molecular complexity index is 351. The molecule has 3 nitrogen and oxygen atoms in total. The first-order chi connectivity index (χ1) is 5.79. The van der Waals surface area contributed by atoms with Crippen molar-refractivity contribution < 1.29 is 0 Å². The predicted molar refractivity (Wildman–Crippen MR) is 47.7 cm³/mol. The predicted octanol–water partition coefficient (Wildman–Crippen LogP) is 1.47. The molecular formula is C9H11N3. The molecule has 0 amide bonds. The number of nitrogens with zero attached hydrogens (tertiary/aromatic N) is 2. The highest BCUT2D eigenvalue weighted by Gasteiger charge is 2.08. The molecule has 2 heterocycles. The summed E-state index contributed by atoms with van der Waals surface area (Å²) in [6, 6.07) is 5.91. The van der Waals surface area contributed by atoms with Gasteiger partial charge in [0.05, 0.1) is 17.6 Å². The average Bonchev–Trinajstić information content (AvgIpc) is 2.49. The first-order valence-electron chi connectivity index (χ1n) is 3.96. The topological polar surface area (TPSA) is 43.8 Å². The molecule has 62 valence electrons. The molecule has 0 spiro atoms. The number of fused-ring (bicyclic) bond motifs is 1. The van der Waals surface area contributed by atoms with Gasteiger partial charge in [-0.2, -0.15) is 0 Å². The Labute approximate surface area is 71.2 Å². The van der Waals surface area contributed by atoms with Gasteiger partial charge < -0.3 is 10.3 Å². The van der Waals surface area contributed by atoms with Crippen LogP contribution in [-0.4, -0.2) is 9.55 Å². The number of pyridine rings is 1. The van der Waals surface area contributed by atoms with Gasteiger partial charge in [0.2, 0.25) is 0 Å². The standard InChI is InChI=1S/C9H11N3/c1-7(10)12-6-2-3-8-9(12)4-5-11-8/h2-7H,10H2,1H3. The zero-order valence-corrected chi connectivity index (χ0v) is 6.94. The maximum Gasteiger partial charge on any atom is 0.0867 e. The van der Waals surface area contributed by atoms with E-state index in [2.05, 4.69) is 4.98 Å². The molecule has 0 saturated carbocycles. The molecular weight excluding hydrogens is 150 g/mol. The highest BCUT2D eigenvalue weighted by Crippen LogP contribution is 2.20. The molecule has 12 heavy (non-hydrogen) atoms. The van der Waals surface area contributed by atoms with Gasteiger partial charge in [-0.25, -0.2) is 0 Å². The minimum absolute atomic E-state index is 0.00194. The third-order valence-electron chi connectivity index (χ3n) is 1.93. The van der Waals surface area contributed by atoms with Crippen molar-refractivity contribution in [3.8, 4) is 11.4 Å². The molecule has 2 aliphatic rings. The first kappa shape index (κ1) is 7.31. The summed E-state index contributed by atoms with van der Waals surface area (Å²) in [4.78, 5) is 4.19. The van der Waals surface area contributed by atoms with Crippen molar-refractivity contribution in [3.05, 3.63) is 30.6 Å². The molecule has 3 heteroatoms. The van der Waals surface area contributed by atoms with E-state index in [4.69, 9.17) is 5.73 Å². The Balaban J connectivity index is 2.63. The fourth-order valence-electron chi connectivity index (χ4n) is 1.35. The highest BCUT2D eigenvalue weighted by molar-refractivity contribution is 5.56. The summed E-state index contributed by atoms with van der Waals surface area (Å²) < 4.78 is 2.00. The molecule has 0 aromatic carbocycles. The van der Waals surface area contributed by atoms with Crippen molar-refractivity contribution in [1.29, 1.82) is 0 Å². The van der Waals surface area contributed by atoms with E-state index in [0.29, 0.717) is 0 Å². The summed E-state index contributed by atoms with van der Waals surface area (Å²) in [6.07, 6.45) is 3.76. The van der Waals surface area contributed by atoms with Crippen LogP contribution in [0.1, 0.15) is 13.1 Å². The molecule has 0 bridgehead atoms. The second kappa shape index (κ2) is 2.60. The molecule has 0 fully saturated rings. The fraction of sp³-hybridized carbons (Fsp3) is 0.222. The molecule has 2 rings (SSSR count). The molecule has 1 unspecified atom stereocenters. The molecule has 0 aromatic heterocycles. The Morgan fingerprint density at radius 3 is 3.08 bits per heavy atom. The number of nitrogens with two attached hydrogens (primary N) is 1. The maximum atomic E-state index is 5.77. The van der Waals surface area contributed by atoms with Crippen molar-refractivity contribution in [1.82, 2.24) is 9.55 Å². The monoisotopic (exact) mass is 161 g/mol. The lowest BCUT2D eigenvalue weighted by Gasteiger charge is -2.14. The molecule has 0 aliphatic carbocycles. The smallest absolute Gasteiger partial charge is 0.0867 e. The summed E-state index contributed by atoms with van der Waals surface area (Å²) in [6.45, 7) is 1.95. The van der Waals surface area contributed by atoms with E-state index in [0.717, 1.165) is 11.4 Å². The number of aromatic nitrogens is 2. The van der Waals surface area contributed by atoms with Gasteiger partial charge in [-0.3, -0.25) is 4.98 Å². The van der Waals surface area contributed by atoms with Crippen molar-refractivity contribution in [2.24, 2.45) is 5.73 Å². The van der Waals surface area contributed by atoms with Crippen LogP contribution >= 0.6 is 0 Å². The molecule has 2 N–H and O–H groups in total. The third kappa shape index (κ3) is 0.987. The zero-order valence-electron chi connectivity index (χ0n) is 6.94. The molecule has 0 radical (unpaired) electrons. The normalized spacial score (nSPS) is 13.5. The van der Waals surface area contributed by atoms with E-state index in [1.54, 1.807) is 6.20 Å². The van der Waals surface area contributed by atoms with Gasteiger partial charge in [0, 0.05) is 12.4 Å². The SMILES string of the molecule is CC(N)n1cccc2nccc1-2. The van der Waals surface area contributed by atoms with Gasteiger partial charge in [-0.15, -0.1) is 0 Å². The van der Waals surface area contributed by atoms with Crippen LogP contribution in [0.3, 0.4) is 0 Å². The molecule has 1 atom stereocenters. The molecule has 0 saturated heterocycles. The summed E-state index contributed by atoms with van der Waals surface area (Å²) in [7, 11) is 0. The van der Waals surface area contributed by atoms with Gasteiger partial charge in [0.1, 0.15) is 0 Å². The summed E-state index contributed by atoms with van der Waals surface area (Å²) in [5, 5.41) is 0. The van der Waals surface area contributed by atoms with E-state index < -0.39 is 0 Å². The minimum atomic E-state index is -0.00194. The van der Waals surface area contributed by atoms with E-state index in [1.165, 1.54) is 0 Å². The number of rotatable bonds is 1. The van der Waals surface area contributed by atoms with Crippen LogP contribution in [-0.2, 0) is 0 Å². The number of hydrogen-bond acceptors (Lipinski definition) is 2. The molecule has 0 aromatic rings. The van der Waals surface area contributed by atoms with Crippen LogP contribution in [0.15, 0.2) is 30.6 Å². The van der Waals surface area contributed by atoms with E-state index in [-0.39, 0.29) is 6.17 Å². The largest absolute Gasteiger partial charge is 0.331 e. The Hall–Kier alpha value is -1.35. The summed E-state index contributed by atoms with van der Waals surface area (Å²) in [5.74, 6) is 0. The van der Waals surface area contributed by atoms with E-state index in [9.17, 15) is 0 Å². The quantitative estimate of drug-likeness (QED) is 0.688. The van der Waals surface area contributed by atoms with E-state index in [1.807, 2.05) is 35.9 Å². The Kier molecular flexibility index (Phi) is 1.59. The van der Waals surface area contributed by atoms with Crippen LogP contribution in [0.25, 0.3) is 11.4 Å². The van der Waals surface area contributed by atoms with Crippen LogP contribution < -0.4 is 5.73 Å². The molecule has 2 aliphatic heterocycles. The lowest BCUT2D eigenvalue weighted by atomic mass is 10.2. The van der Waals surface area contributed by atoms with Crippen LogP contribution in [0, 0.1) is 0 Å². The minimum Gasteiger partial charge on any atom is -0.331 e.